The summed E-state index contributed by atoms with van der Waals surface area (Å²) in [5.74, 6) is 1.48. The van der Waals surface area contributed by atoms with Crippen LogP contribution in [0.2, 0.25) is 0 Å². The van der Waals surface area contributed by atoms with Gasteiger partial charge in [-0.25, -0.2) is 9.97 Å². The minimum absolute atomic E-state index is 0.116. The summed E-state index contributed by atoms with van der Waals surface area (Å²) in [4.78, 5) is 13.4. The Morgan fingerprint density at radius 2 is 1.89 bits per heavy atom. The fraction of sp³-hybridized carbons (Fsp3) is 0.481. The van der Waals surface area contributed by atoms with Gasteiger partial charge in [-0.2, -0.15) is 15.5 Å². The second kappa shape index (κ2) is 10.2. The molecule has 0 spiro atoms. The highest BCUT2D eigenvalue weighted by atomic mass is 16.5. The molecule has 0 aliphatic heterocycles. The Bertz CT molecular complexity index is 1420. The quantitative estimate of drug-likeness (QED) is 0.363. The van der Waals surface area contributed by atoms with Crippen molar-refractivity contribution in [3.63, 3.8) is 0 Å². The van der Waals surface area contributed by atoms with Crippen molar-refractivity contribution in [1.82, 2.24) is 34.5 Å². The van der Waals surface area contributed by atoms with Crippen molar-refractivity contribution in [2.24, 2.45) is 0 Å². The fourth-order valence-electron chi connectivity index (χ4n) is 4.86. The van der Waals surface area contributed by atoms with Crippen LogP contribution in [-0.4, -0.2) is 47.2 Å². The van der Waals surface area contributed by atoms with E-state index in [0.717, 1.165) is 72.3 Å². The second-order valence-corrected chi connectivity index (χ2v) is 9.96. The van der Waals surface area contributed by atoms with E-state index in [4.69, 9.17) is 9.84 Å². The Labute approximate surface area is 216 Å². The van der Waals surface area contributed by atoms with Crippen molar-refractivity contribution in [3.8, 4) is 23.2 Å². The maximum absolute atomic E-state index is 9.53. The Morgan fingerprint density at radius 1 is 1.11 bits per heavy atom. The summed E-state index contributed by atoms with van der Waals surface area (Å²) in [5.41, 5.74) is 2.90. The molecule has 1 saturated carbocycles. The van der Waals surface area contributed by atoms with Gasteiger partial charge in [0.1, 0.15) is 28.8 Å². The first-order valence-electron chi connectivity index (χ1n) is 13.0. The molecule has 1 aliphatic rings. The third kappa shape index (κ3) is 4.86. The van der Waals surface area contributed by atoms with Crippen molar-refractivity contribution in [3.05, 3.63) is 42.7 Å². The van der Waals surface area contributed by atoms with Gasteiger partial charge in [0.15, 0.2) is 0 Å². The molecule has 0 atom stereocenters. The molecular weight excluding hydrogens is 466 g/mol. The van der Waals surface area contributed by atoms with E-state index in [1.54, 1.807) is 23.3 Å². The van der Waals surface area contributed by atoms with Gasteiger partial charge in [0.05, 0.1) is 23.8 Å². The van der Waals surface area contributed by atoms with Crippen LogP contribution in [0.1, 0.15) is 65.1 Å². The molecule has 1 fully saturated rings. The Hall–Kier alpha value is -4.00. The van der Waals surface area contributed by atoms with E-state index in [1.165, 1.54) is 0 Å². The molecule has 0 aromatic carbocycles. The molecular formula is C27H33N9O. The molecule has 0 bridgehead atoms. The number of aryl methyl sites for hydroxylation is 1. The molecule has 10 nitrogen and oxygen atoms in total. The SMILES string of the molecule is CCNc1cc2c(cn1)c(-c1cnn(C(C)(C)C#N)c1)nn2[C@H]1CC[C@@H](Oc2nccnc2CC)CC1. The standard InChI is InChI=1S/C27H33N9O/c1-5-22-26(31-12-11-30-22)37-20-9-7-19(8-10-20)36-23-13-24(29-6-2)32-15-21(23)25(34-36)18-14-33-35(16-18)27(3,4)17-28/h11-16,19-20H,5-10H2,1-4H3,(H,29,32)/t19-,20+. The molecule has 4 aromatic rings. The van der Waals surface area contributed by atoms with E-state index < -0.39 is 5.54 Å². The van der Waals surface area contributed by atoms with Gasteiger partial charge in [-0.1, -0.05) is 6.92 Å². The van der Waals surface area contributed by atoms with E-state index in [0.29, 0.717) is 5.88 Å². The summed E-state index contributed by atoms with van der Waals surface area (Å²) in [6, 6.07) is 4.62. The minimum atomic E-state index is -0.744. The summed E-state index contributed by atoms with van der Waals surface area (Å²) >= 11 is 0. The summed E-state index contributed by atoms with van der Waals surface area (Å²) in [7, 11) is 0. The van der Waals surface area contributed by atoms with Gasteiger partial charge in [-0.05, 0) is 52.9 Å². The van der Waals surface area contributed by atoms with Crippen molar-refractivity contribution in [1.29, 1.82) is 5.26 Å². The number of hydrogen-bond donors (Lipinski definition) is 1. The molecule has 0 amide bonds. The number of nitrogens with one attached hydrogen (secondary N) is 1. The predicted molar refractivity (Wildman–Crippen MR) is 141 cm³/mol. The summed E-state index contributed by atoms with van der Waals surface area (Å²) in [6.45, 7) is 8.60. The van der Waals surface area contributed by atoms with E-state index in [9.17, 15) is 5.26 Å². The zero-order valence-electron chi connectivity index (χ0n) is 21.8. The maximum atomic E-state index is 9.53. The molecule has 4 heterocycles. The predicted octanol–water partition coefficient (Wildman–Crippen LogP) is 4.90. The number of aromatic nitrogens is 7. The molecule has 37 heavy (non-hydrogen) atoms. The van der Waals surface area contributed by atoms with Gasteiger partial charge in [-0.15, -0.1) is 0 Å². The first kappa shape index (κ1) is 24.7. The molecule has 5 rings (SSSR count). The minimum Gasteiger partial charge on any atom is -0.473 e. The molecule has 0 radical (unpaired) electrons. The largest absolute Gasteiger partial charge is 0.473 e. The Kier molecular flexibility index (Phi) is 6.78. The average Bonchev–Trinajstić information content (AvgIpc) is 3.55. The lowest BCUT2D eigenvalue weighted by Crippen LogP contribution is -2.27. The van der Waals surface area contributed by atoms with E-state index in [2.05, 4.69) is 56.0 Å². The lowest BCUT2D eigenvalue weighted by molar-refractivity contribution is 0.124. The number of ether oxygens (including phenoxy) is 1. The number of rotatable bonds is 8. The first-order chi connectivity index (χ1) is 17.9. The molecule has 1 aliphatic carbocycles. The van der Waals surface area contributed by atoms with Gasteiger partial charge in [0.25, 0.3) is 0 Å². The lowest BCUT2D eigenvalue weighted by Gasteiger charge is -2.29. The highest BCUT2D eigenvalue weighted by Crippen LogP contribution is 2.36. The lowest BCUT2D eigenvalue weighted by atomic mass is 9.93. The molecule has 10 heteroatoms. The zero-order valence-corrected chi connectivity index (χ0v) is 21.8. The van der Waals surface area contributed by atoms with Crippen molar-refractivity contribution in [2.75, 3.05) is 11.9 Å². The number of hydrogen-bond acceptors (Lipinski definition) is 8. The van der Waals surface area contributed by atoms with Crippen LogP contribution in [0.3, 0.4) is 0 Å². The average molecular weight is 500 g/mol. The zero-order chi connectivity index (χ0) is 26.0. The van der Waals surface area contributed by atoms with Crippen LogP contribution in [0.4, 0.5) is 5.82 Å². The van der Waals surface area contributed by atoms with E-state index in [-0.39, 0.29) is 12.1 Å². The number of pyridine rings is 1. The van der Waals surface area contributed by atoms with E-state index in [1.807, 2.05) is 26.2 Å². The Balaban J connectivity index is 1.43. The third-order valence-corrected chi connectivity index (χ3v) is 6.99. The monoisotopic (exact) mass is 499 g/mol. The van der Waals surface area contributed by atoms with Crippen LogP contribution < -0.4 is 10.1 Å². The number of fused-ring (bicyclic) bond motifs is 1. The van der Waals surface area contributed by atoms with Crippen molar-refractivity contribution in [2.45, 2.75) is 77.5 Å². The fourth-order valence-corrected chi connectivity index (χ4v) is 4.86. The second-order valence-electron chi connectivity index (χ2n) is 9.96. The molecule has 4 aromatic heterocycles. The van der Waals surface area contributed by atoms with Crippen LogP contribution in [0, 0.1) is 11.3 Å². The summed E-state index contributed by atoms with van der Waals surface area (Å²) in [5, 5.41) is 23.4. The van der Waals surface area contributed by atoms with Crippen molar-refractivity contribution >= 4 is 16.7 Å². The molecule has 1 N–H and O–H groups in total. The number of anilines is 1. The van der Waals surface area contributed by atoms with Crippen LogP contribution in [0.15, 0.2) is 37.1 Å². The van der Waals surface area contributed by atoms with Crippen LogP contribution in [0.25, 0.3) is 22.2 Å². The molecule has 192 valence electrons. The molecule has 0 unspecified atom stereocenters. The van der Waals surface area contributed by atoms with Crippen LogP contribution in [-0.2, 0) is 12.0 Å². The van der Waals surface area contributed by atoms with Crippen LogP contribution in [0.5, 0.6) is 5.88 Å². The highest BCUT2D eigenvalue weighted by molar-refractivity contribution is 5.93. The number of nitrogens with zero attached hydrogens (tertiary/aromatic N) is 8. The van der Waals surface area contributed by atoms with Crippen LogP contribution >= 0.6 is 0 Å². The van der Waals surface area contributed by atoms with Gasteiger partial charge in [0.2, 0.25) is 5.88 Å². The Morgan fingerprint density at radius 3 is 2.62 bits per heavy atom. The summed E-state index contributed by atoms with van der Waals surface area (Å²) in [6.07, 6.45) is 13.6. The normalized spacial score (nSPS) is 18.0. The maximum Gasteiger partial charge on any atom is 0.235 e. The van der Waals surface area contributed by atoms with Gasteiger partial charge >= 0.3 is 0 Å². The van der Waals surface area contributed by atoms with E-state index >= 15 is 0 Å². The van der Waals surface area contributed by atoms with Gasteiger partial charge < -0.3 is 10.1 Å². The highest BCUT2D eigenvalue weighted by Gasteiger charge is 2.28. The smallest absolute Gasteiger partial charge is 0.235 e. The molecule has 0 saturated heterocycles. The topological polar surface area (TPSA) is 119 Å². The first-order valence-corrected chi connectivity index (χ1v) is 13.0. The third-order valence-electron chi connectivity index (χ3n) is 6.99. The van der Waals surface area contributed by atoms with Crippen molar-refractivity contribution < 1.29 is 4.74 Å². The number of nitriles is 1. The van der Waals surface area contributed by atoms with Gasteiger partial charge in [-0.3, -0.25) is 14.3 Å². The van der Waals surface area contributed by atoms with Gasteiger partial charge in [0, 0.05) is 48.3 Å². The summed E-state index contributed by atoms with van der Waals surface area (Å²) < 4.78 is 10.1.